The molecule has 0 spiro atoms. The average molecular weight is 346 g/mol. The quantitative estimate of drug-likeness (QED) is 0.737. The maximum absolute atomic E-state index is 12.5. The van der Waals surface area contributed by atoms with Crippen molar-refractivity contribution < 1.29 is 19.0 Å². The Kier molecular flexibility index (Phi) is 6.33. The highest BCUT2D eigenvalue weighted by Gasteiger charge is 2.17. The normalized spacial score (nSPS) is 10.4. The Balaban J connectivity index is 2.05. The number of benzene rings is 1. The largest absolute Gasteiger partial charge is 0.493 e. The molecule has 0 atom stereocenters. The summed E-state index contributed by atoms with van der Waals surface area (Å²) in [6.45, 7) is 0.589. The van der Waals surface area contributed by atoms with Crippen molar-refractivity contribution in [2.45, 2.75) is 19.4 Å². The third-order valence-corrected chi connectivity index (χ3v) is 4.27. The van der Waals surface area contributed by atoms with E-state index in [1.54, 1.807) is 26.2 Å². The fourth-order valence-corrected chi connectivity index (χ4v) is 2.78. The zero-order valence-corrected chi connectivity index (χ0v) is 15.5. The third-order valence-electron chi connectivity index (χ3n) is 4.27. The van der Waals surface area contributed by atoms with Crippen LogP contribution in [0.1, 0.15) is 17.7 Å². The second kappa shape index (κ2) is 8.46. The number of aromatic nitrogens is 1. The first-order valence-corrected chi connectivity index (χ1v) is 8.13. The minimum Gasteiger partial charge on any atom is -0.493 e. The molecule has 0 fully saturated rings. The first-order chi connectivity index (χ1) is 12.0. The maximum atomic E-state index is 12.5. The van der Waals surface area contributed by atoms with E-state index in [-0.39, 0.29) is 5.91 Å². The summed E-state index contributed by atoms with van der Waals surface area (Å²) in [5.41, 5.74) is 2.01. The number of methoxy groups -OCH3 is 3. The molecule has 6 heteroatoms. The first-order valence-electron chi connectivity index (χ1n) is 8.13. The Labute approximate surface area is 148 Å². The number of hydrogen-bond acceptors (Lipinski definition) is 4. The summed E-state index contributed by atoms with van der Waals surface area (Å²) < 4.78 is 18.2. The molecular weight excluding hydrogens is 320 g/mol. The van der Waals surface area contributed by atoms with E-state index in [1.165, 1.54) is 0 Å². The molecule has 0 aliphatic heterocycles. The van der Waals surface area contributed by atoms with Gasteiger partial charge in [-0.05, 0) is 30.2 Å². The SMILES string of the molecule is COc1ccc(CCC(=O)N(C)Cc2cccn2C)c(OC)c1OC. The smallest absolute Gasteiger partial charge is 0.222 e. The fraction of sp³-hybridized carbons (Fsp3) is 0.421. The zero-order valence-electron chi connectivity index (χ0n) is 15.5. The van der Waals surface area contributed by atoms with Gasteiger partial charge in [-0.2, -0.15) is 0 Å². The Bertz CT molecular complexity index is 724. The van der Waals surface area contributed by atoms with Crippen molar-refractivity contribution in [1.82, 2.24) is 9.47 Å². The molecule has 0 aliphatic carbocycles. The molecule has 0 bridgehead atoms. The van der Waals surface area contributed by atoms with E-state index < -0.39 is 0 Å². The molecule has 6 nitrogen and oxygen atoms in total. The van der Waals surface area contributed by atoms with Gasteiger partial charge in [-0.25, -0.2) is 0 Å². The summed E-state index contributed by atoms with van der Waals surface area (Å²) in [4.78, 5) is 14.2. The molecule has 0 unspecified atom stereocenters. The molecule has 1 aromatic carbocycles. The molecule has 0 N–H and O–H groups in total. The van der Waals surface area contributed by atoms with Gasteiger partial charge in [-0.3, -0.25) is 4.79 Å². The molecule has 0 aliphatic rings. The van der Waals surface area contributed by atoms with Crippen LogP contribution in [0.4, 0.5) is 0 Å². The Morgan fingerprint density at radius 2 is 1.80 bits per heavy atom. The maximum Gasteiger partial charge on any atom is 0.222 e. The molecule has 1 aromatic heterocycles. The van der Waals surface area contributed by atoms with Crippen LogP contribution in [0.5, 0.6) is 17.2 Å². The number of aryl methyl sites for hydroxylation is 2. The lowest BCUT2D eigenvalue weighted by atomic mass is 10.1. The number of hydrogen-bond donors (Lipinski definition) is 0. The van der Waals surface area contributed by atoms with Gasteiger partial charge in [-0.15, -0.1) is 0 Å². The minimum atomic E-state index is 0.0815. The lowest BCUT2D eigenvalue weighted by Gasteiger charge is -2.19. The molecule has 0 radical (unpaired) electrons. The number of nitrogens with zero attached hydrogens (tertiary/aromatic N) is 2. The summed E-state index contributed by atoms with van der Waals surface area (Å²) in [5, 5.41) is 0. The Hall–Kier alpha value is -2.63. The van der Waals surface area contributed by atoms with Crippen LogP contribution in [0.15, 0.2) is 30.5 Å². The molecular formula is C19H26N2O4. The van der Waals surface area contributed by atoms with Gasteiger partial charge in [0.2, 0.25) is 11.7 Å². The standard InChI is InChI=1S/C19H26N2O4/c1-20-12-6-7-15(20)13-21(2)17(22)11-9-14-8-10-16(23-3)19(25-5)18(14)24-4/h6-8,10,12H,9,11,13H2,1-5H3. The van der Waals surface area contributed by atoms with Gasteiger partial charge in [0.05, 0.1) is 27.9 Å². The van der Waals surface area contributed by atoms with E-state index in [1.807, 2.05) is 49.1 Å². The molecule has 25 heavy (non-hydrogen) atoms. The number of amides is 1. The van der Waals surface area contributed by atoms with Gasteiger partial charge in [-0.1, -0.05) is 6.07 Å². The summed E-state index contributed by atoms with van der Waals surface area (Å²) >= 11 is 0. The molecule has 1 heterocycles. The Morgan fingerprint density at radius 3 is 2.36 bits per heavy atom. The van der Waals surface area contributed by atoms with Gasteiger partial charge in [0.1, 0.15) is 0 Å². The topological polar surface area (TPSA) is 52.9 Å². The second-order valence-corrected chi connectivity index (χ2v) is 5.85. The van der Waals surface area contributed by atoms with Crippen LogP contribution in [0.2, 0.25) is 0 Å². The van der Waals surface area contributed by atoms with Crippen molar-refractivity contribution in [3.05, 3.63) is 41.7 Å². The highest BCUT2D eigenvalue weighted by atomic mass is 16.5. The van der Waals surface area contributed by atoms with E-state index in [0.717, 1.165) is 11.3 Å². The lowest BCUT2D eigenvalue weighted by molar-refractivity contribution is -0.130. The van der Waals surface area contributed by atoms with Crippen LogP contribution in [0.25, 0.3) is 0 Å². The number of ether oxygens (including phenoxy) is 3. The zero-order chi connectivity index (χ0) is 18.4. The van der Waals surface area contributed by atoms with Crippen molar-refractivity contribution in [2.75, 3.05) is 28.4 Å². The number of carbonyl (C=O) groups is 1. The highest BCUT2D eigenvalue weighted by molar-refractivity contribution is 5.76. The van der Waals surface area contributed by atoms with Gasteiger partial charge < -0.3 is 23.7 Å². The van der Waals surface area contributed by atoms with E-state index in [4.69, 9.17) is 14.2 Å². The van der Waals surface area contributed by atoms with Crippen molar-refractivity contribution in [3.8, 4) is 17.2 Å². The average Bonchev–Trinajstić information content (AvgIpc) is 3.02. The summed E-state index contributed by atoms with van der Waals surface area (Å²) in [5.74, 6) is 1.85. The monoisotopic (exact) mass is 346 g/mol. The van der Waals surface area contributed by atoms with Crippen LogP contribution in [-0.4, -0.2) is 43.8 Å². The third kappa shape index (κ3) is 4.26. The predicted molar refractivity (Wildman–Crippen MR) is 96.3 cm³/mol. The fourth-order valence-electron chi connectivity index (χ4n) is 2.78. The van der Waals surface area contributed by atoms with Crippen LogP contribution < -0.4 is 14.2 Å². The van der Waals surface area contributed by atoms with Gasteiger partial charge in [0, 0.05) is 32.4 Å². The van der Waals surface area contributed by atoms with Crippen LogP contribution in [0.3, 0.4) is 0 Å². The van der Waals surface area contributed by atoms with Gasteiger partial charge in [0.25, 0.3) is 0 Å². The van der Waals surface area contributed by atoms with Gasteiger partial charge >= 0.3 is 0 Å². The first kappa shape index (κ1) is 18.7. The molecule has 136 valence electrons. The van der Waals surface area contributed by atoms with Crippen LogP contribution >= 0.6 is 0 Å². The van der Waals surface area contributed by atoms with Gasteiger partial charge in [0.15, 0.2) is 11.5 Å². The number of carbonyl (C=O) groups excluding carboxylic acids is 1. The summed E-state index contributed by atoms with van der Waals surface area (Å²) in [6, 6.07) is 7.72. The molecule has 0 saturated heterocycles. The number of rotatable bonds is 8. The molecule has 1 amide bonds. The van der Waals surface area contributed by atoms with E-state index in [9.17, 15) is 4.79 Å². The minimum absolute atomic E-state index is 0.0815. The van der Waals surface area contributed by atoms with Crippen molar-refractivity contribution >= 4 is 5.91 Å². The molecule has 2 aromatic rings. The molecule has 0 saturated carbocycles. The molecule has 2 rings (SSSR count). The van der Waals surface area contributed by atoms with Crippen molar-refractivity contribution in [1.29, 1.82) is 0 Å². The second-order valence-electron chi connectivity index (χ2n) is 5.85. The van der Waals surface area contributed by atoms with Crippen LogP contribution in [-0.2, 0) is 24.8 Å². The highest BCUT2D eigenvalue weighted by Crippen LogP contribution is 2.40. The summed E-state index contributed by atoms with van der Waals surface area (Å²) in [7, 11) is 8.54. The Morgan fingerprint density at radius 1 is 1.08 bits per heavy atom. The lowest BCUT2D eigenvalue weighted by Crippen LogP contribution is -2.27. The van der Waals surface area contributed by atoms with E-state index >= 15 is 0 Å². The predicted octanol–water partition coefficient (Wildman–Crippen LogP) is 2.64. The van der Waals surface area contributed by atoms with Crippen LogP contribution in [0, 0.1) is 0 Å². The van der Waals surface area contributed by atoms with E-state index in [0.29, 0.717) is 36.6 Å². The summed E-state index contributed by atoms with van der Waals surface area (Å²) in [6.07, 6.45) is 2.94. The van der Waals surface area contributed by atoms with Crippen molar-refractivity contribution in [3.63, 3.8) is 0 Å². The van der Waals surface area contributed by atoms with E-state index in [2.05, 4.69) is 0 Å². The van der Waals surface area contributed by atoms with Crippen molar-refractivity contribution in [2.24, 2.45) is 7.05 Å².